The number of hydrazone groups is 1. The van der Waals surface area contributed by atoms with Crippen LogP contribution in [0, 0.1) is 17.4 Å². The number of anilines is 1. The van der Waals surface area contributed by atoms with E-state index in [9.17, 15) is 9.59 Å². The summed E-state index contributed by atoms with van der Waals surface area (Å²) in [5.74, 6) is -0.483. The van der Waals surface area contributed by atoms with Crippen LogP contribution in [0.3, 0.4) is 0 Å². The Morgan fingerprint density at radius 3 is 2.56 bits per heavy atom. The molecule has 0 aliphatic rings. The number of hydrogen-bond donors (Lipinski definition) is 2. The number of nitrogens with one attached hydrogen (secondary N) is 2. The van der Waals surface area contributed by atoms with Crippen molar-refractivity contribution in [2.45, 2.75) is 26.7 Å². The molecule has 25 heavy (non-hydrogen) atoms. The van der Waals surface area contributed by atoms with Gasteiger partial charge >= 0.3 is 0 Å². The highest BCUT2D eigenvalue weighted by molar-refractivity contribution is 14.1. The van der Waals surface area contributed by atoms with Crippen LogP contribution in [0.1, 0.15) is 29.5 Å². The predicted molar refractivity (Wildman–Crippen MR) is 109 cm³/mol. The average molecular weight is 449 g/mol. The molecule has 0 unspecified atom stereocenters. The van der Waals surface area contributed by atoms with Gasteiger partial charge in [-0.25, -0.2) is 5.43 Å². The molecule has 2 amide bonds. The molecule has 130 valence electrons. The second kappa shape index (κ2) is 9.31. The lowest BCUT2D eigenvalue weighted by Gasteiger charge is -2.10. The highest BCUT2D eigenvalue weighted by atomic mass is 127. The molecular weight excluding hydrogens is 429 g/mol. The van der Waals surface area contributed by atoms with Gasteiger partial charge in [0, 0.05) is 22.1 Å². The first-order valence-electron chi connectivity index (χ1n) is 7.89. The molecule has 0 saturated carbocycles. The summed E-state index contributed by atoms with van der Waals surface area (Å²) in [7, 11) is 0. The summed E-state index contributed by atoms with van der Waals surface area (Å²) >= 11 is 2.21. The van der Waals surface area contributed by atoms with E-state index < -0.39 is 0 Å². The Kier molecular flexibility index (Phi) is 7.12. The summed E-state index contributed by atoms with van der Waals surface area (Å²) in [5.41, 5.74) is 6.26. The van der Waals surface area contributed by atoms with E-state index >= 15 is 0 Å². The molecule has 2 aromatic carbocycles. The summed E-state index contributed by atoms with van der Waals surface area (Å²) in [6.07, 6.45) is 1.77. The third-order valence-electron chi connectivity index (χ3n) is 3.71. The molecule has 0 aromatic heterocycles. The first kappa shape index (κ1) is 19.1. The van der Waals surface area contributed by atoms with Crippen LogP contribution in [0.15, 0.2) is 47.6 Å². The Morgan fingerprint density at radius 1 is 1.08 bits per heavy atom. The molecule has 5 nitrogen and oxygen atoms in total. The maximum absolute atomic E-state index is 12.0. The zero-order chi connectivity index (χ0) is 18.2. The molecule has 2 rings (SSSR count). The molecule has 0 aliphatic carbocycles. The van der Waals surface area contributed by atoms with E-state index in [1.165, 1.54) is 0 Å². The van der Waals surface area contributed by atoms with Crippen LogP contribution in [0.25, 0.3) is 0 Å². The zero-order valence-corrected chi connectivity index (χ0v) is 16.3. The van der Waals surface area contributed by atoms with Crippen molar-refractivity contribution in [3.05, 3.63) is 62.7 Å². The largest absolute Gasteiger partial charge is 0.326 e. The number of carbonyl (C=O) groups excluding carboxylic acids is 2. The van der Waals surface area contributed by atoms with Gasteiger partial charge in [-0.1, -0.05) is 24.3 Å². The zero-order valence-electron chi connectivity index (χ0n) is 14.2. The normalized spacial score (nSPS) is 10.7. The smallest absolute Gasteiger partial charge is 0.240 e. The van der Waals surface area contributed by atoms with Crippen molar-refractivity contribution < 1.29 is 9.59 Å². The molecule has 0 bridgehead atoms. The van der Waals surface area contributed by atoms with Crippen molar-refractivity contribution in [1.29, 1.82) is 0 Å². The van der Waals surface area contributed by atoms with Crippen molar-refractivity contribution in [1.82, 2.24) is 5.43 Å². The summed E-state index contributed by atoms with van der Waals surface area (Å²) in [6, 6.07) is 13.5. The summed E-state index contributed by atoms with van der Waals surface area (Å²) < 4.78 is 1.09. The minimum atomic E-state index is -0.294. The van der Waals surface area contributed by atoms with Crippen LogP contribution in [0.2, 0.25) is 0 Å². The topological polar surface area (TPSA) is 70.6 Å². The lowest BCUT2D eigenvalue weighted by atomic mass is 10.1. The van der Waals surface area contributed by atoms with Crippen LogP contribution in [-0.4, -0.2) is 18.0 Å². The standard InChI is InChI=1S/C19H20IN3O2/c1-13-5-3-8-17(14(13)2)22-18(24)9-10-19(25)23-21-12-15-6-4-7-16(20)11-15/h3-8,11-12H,9-10H2,1-2H3,(H,22,24)(H,23,25)/b21-12+. The summed E-state index contributed by atoms with van der Waals surface area (Å²) in [6.45, 7) is 3.95. The van der Waals surface area contributed by atoms with Crippen LogP contribution >= 0.6 is 22.6 Å². The number of nitrogens with zero attached hydrogens (tertiary/aromatic N) is 1. The Morgan fingerprint density at radius 2 is 1.80 bits per heavy atom. The first-order valence-corrected chi connectivity index (χ1v) is 8.97. The number of benzene rings is 2. The molecule has 2 aromatic rings. The predicted octanol–water partition coefficient (Wildman–Crippen LogP) is 3.78. The fraction of sp³-hybridized carbons (Fsp3) is 0.211. The fourth-order valence-electron chi connectivity index (χ4n) is 2.15. The maximum Gasteiger partial charge on any atom is 0.240 e. The average Bonchev–Trinajstić information content (AvgIpc) is 2.57. The lowest BCUT2D eigenvalue weighted by Crippen LogP contribution is -2.21. The van der Waals surface area contributed by atoms with E-state index in [2.05, 4.69) is 38.4 Å². The van der Waals surface area contributed by atoms with Crippen LogP contribution < -0.4 is 10.7 Å². The molecule has 0 aliphatic heterocycles. The van der Waals surface area contributed by atoms with E-state index in [-0.39, 0.29) is 24.7 Å². The Labute approximate surface area is 161 Å². The number of rotatable bonds is 6. The van der Waals surface area contributed by atoms with Gasteiger partial charge in [-0.05, 0) is 71.3 Å². The molecular formula is C19H20IN3O2. The Bertz CT molecular complexity index is 803. The minimum Gasteiger partial charge on any atom is -0.326 e. The van der Waals surface area contributed by atoms with Crippen molar-refractivity contribution in [3.63, 3.8) is 0 Å². The lowest BCUT2D eigenvalue weighted by molar-refractivity contribution is -0.124. The second-order valence-corrected chi connectivity index (χ2v) is 6.89. The van der Waals surface area contributed by atoms with Crippen molar-refractivity contribution in [3.8, 4) is 0 Å². The number of halogens is 1. The number of aryl methyl sites for hydroxylation is 1. The number of amides is 2. The quantitative estimate of drug-likeness (QED) is 0.401. The number of carbonyl (C=O) groups is 2. The minimum absolute atomic E-state index is 0.0837. The van der Waals surface area contributed by atoms with Gasteiger partial charge in [-0.3, -0.25) is 9.59 Å². The van der Waals surface area contributed by atoms with Gasteiger partial charge < -0.3 is 5.32 Å². The van der Waals surface area contributed by atoms with Gasteiger partial charge in [-0.15, -0.1) is 0 Å². The Hall–Kier alpha value is -2.22. The first-order chi connectivity index (χ1) is 12.0. The van der Waals surface area contributed by atoms with Gasteiger partial charge in [0.1, 0.15) is 0 Å². The van der Waals surface area contributed by atoms with Gasteiger partial charge in [0.15, 0.2) is 0 Å². The molecule has 2 N–H and O–H groups in total. The molecule has 6 heteroatoms. The van der Waals surface area contributed by atoms with Crippen LogP contribution in [-0.2, 0) is 9.59 Å². The second-order valence-electron chi connectivity index (χ2n) is 5.64. The molecule has 0 saturated heterocycles. The van der Waals surface area contributed by atoms with Crippen molar-refractivity contribution in [2.24, 2.45) is 5.10 Å². The van der Waals surface area contributed by atoms with Crippen LogP contribution in [0.4, 0.5) is 5.69 Å². The number of hydrogen-bond acceptors (Lipinski definition) is 3. The third-order valence-corrected chi connectivity index (χ3v) is 4.38. The van der Waals surface area contributed by atoms with Crippen molar-refractivity contribution >= 4 is 46.3 Å². The SMILES string of the molecule is Cc1cccc(NC(=O)CCC(=O)N/N=C/c2cccc(I)c2)c1C. The Balaban J connectivity index is 1.77. The highest BCUT2D eigenvalue weighted by Gasteiger charge is 2.08. The van der Waals surface area contributed by atoms with E-state index in [1.807, 2.05) is 56.3 Å². The molecule has 0 fully saturated rings. The van der Waals surface area contributed by atoms with Crippen molar-refractivity contribution in [2.75, 3.05) is 5.32 Å². The highest BCUT2D eigenvalue weighted by Crippen LogP contribution is 2.18. The monoisotopic (exact) mass is 449 g/mol. The van der Waals surface area contributed by atoms with E-state index in [0.29, 0.717) is 0 Å². The van der Waals surface area contributed by atoms with E-state index in [1.54, 1.807) is 6.21 Å². The molecule has 0 heterocycles. The van der Waals surface area contributed by atoms with E-state index in [4.69, 9.17) is 0 Å². The summed E-state index contributed by atoms with van der Waals surface area (Å²) in [5, 5.41) is 6.75. The van der Waals surface area contributed by atoms with E-state index in [0.717, 1.165) is 25.9 Å². The summed E-state index contributed by atoms with van der Waals surface area (Å²) in [4.78, 5) is 23.8. The third kappa shape index (κ3) is 6.30. The van der Waals surface area contributed by atoms with Gasteiger partial charge in [-0.2, -0.15) is 5.10 Å². The fourth-order valence-corrected chi connectivity index (χ4v) is 2.72. The van der Waals surface area contributed by atoms with Gasteiger partial charge in [0.2, 0.25) is 11.8 Å². The molecule has 0 atom stereocenters. The van der Waals surface area contributed by atoms with Crippen LogP contribution in [0.5, 0.6) is 0 Å². The molecule has 0 spiro atoms. The molecule has 0 radical (unpaired) electrons. The van der Waals surface area contributed by atoms with Gasteiger partial charge in [0.05, 0.1) is 6.21 Å². The maximum atomic E-state index is 12.0. The van der Waals surface area contributed by atoms with Gasteiger partial charge in [0.25, 0.3) is 0 Å².